The highest BCUT2D eigenvalue weighted by molar-refractivity contribution is 7.09. The van der Waals surface area contributed by atoms with Gasteiger partial charge in [0.15, 0.2) is 4.80 Å². The van der Waals surface area contributed by atoms with Gasteiger partial charge in [-0.1, -0.05) is 34.6 Å². The maximum Gasteiger partial charge on any atom is 0.416 e. The van der Waals surface area contributed by atoms with E-state index >= 15 is 0 Å². The number of nitrogens with zero attached hydrogens (tertiary/aromatic N) is 4. The number of carbonyl (C=O) groups is 1. The van der Waals surface area contributed by atoms with E-state index in [1.807, 2.05) is 24.6 Å². The van der Waals surface area contributed by atoms with Crippen LogP contribution in [0.3, 0.4) is 0 Å². The molecule has 0 aliphatic carbocycles. The van der Waals surface area contributed by atoms with Crippen LogP contribution < -0.4 is 9.54 Å². The average molecular weight is 495 g/mol. The van der Waals surface area contributed by atoms with E-state index in [9.17, 15) is 18.0 Å². The molecule has 0 aliphatic rings. The smallest absolute Gasteiger partial charge is 0.416 e. The molecule has 10 heteroatoms. The van der Waals surface area contributed by atoms with Crippen molar-refractivity contribution in [3.05, 3.63) is 63.9 Å². The van der Waals surface area contributed by atoms with Crippen LogP contribution in [-0.2, 0) is 24.7 Å². The molecule has 0 radical (unpaired) electrons. The molecule has 34 heavy (non-hydrogen) atoms. The number of amides is 1. The number of benzene rings is 1. The fourth-order valence-corrected chi connectivity index (χ4v) is 4.22. The van der Waals surface area contributed by atoms with Crippen LogP contribution in [0, 0.1) is 5.92 Å². The van der Waals surface area contributed by atoms with E-state index in [1.54, 1.807) is 23.3 Å². The number of imidazole rings is 1. The van der Waals surface area contributed by atoms with Crippen molar-refractivity contribution in [2.45, 2.75) is 59.3 Å². The molecule has 3 rings (SSSR count). The van der Waals surface area contributed by atoms with Gasteiger partial charge in [0.05, 0.1) is 24.0 Å². The van der Waals surface area contributed by atoms with Gasteiger partial charge in [0.2, 0.25) is 0 Å². The lowest BCUT2D eigenvalue weighted by Crippen LogP contribution is -2.19. The zero-order valence-electron chi connectivity index (χ0n) is 19.9. The van der Waals surface area contributed by atoms with Crippen molar-refractivity contribution in [2.24, 2.45) is 10.9 Å². The molecule has 0 unspecified atom stereocenters. The standard InChI is InChI=1S/C24H29F3N4O2S/c1-16(2)13-31-14-20(23(3,4)5)34-22(31)29-21(32)18-12-17(24(25,26)27)6-7-19(18)33-11-10-30-9-8-28-15-30/h6-9,12,14-16H,10-11,13H2,1-5H3. The van der Waals surface area contributed by atoms with Crippen LogP contribution in [0.25, 0.3) is 0 Å². The van der Waals surface area contributed by atoms with Crippen LogP contribution in [-0.4, -0.2) is 26.6 Å². The Morgan fingerprint density at radius 2 is 1.97 bits per heavy atom. The van der Waals surface area contributed by atoms with E-state index in [4.69, 9.17) is 4.74 Å². The molecule has 0 N–H and O–H groups in total. The molecule has 2 aromatic heterocycles. The van der Waals surface area contributed by atoms with Crippen molar-refractivity contribution >= 4 is 17.2 Å². The van der Waals surface area contributed by atoms with Gasteiger partial charge in [0, 0.05) is 30.0 Å². The van der Waals surface area contributed by atoms with Gasteiger partial charge < -0.3 is 13.9 Å². The van der Waals surface area contributed by atoms with Gasteiger partial charge in [0.1, 0.15) is 12.4 Å². The summed E-state index contributed by atoms with van der Waals surface area (Å²) in [5, 5.41) is 0. The largest absolute Gasteiger partial charge is 0.491 e. The summed E-state index contributed by atoms with van der Waals surface area (Å²) in [5.41, 5.74) is -1.30. The zero-order valence-corrected chi connectivity index (χ0v) is 20.7. The Kier molecular flexibility index (Phi) is 7.70. The average Bonchev–Trinajstić information content (AvgIpc) is 3.37. The van der Waals surface area contributed by atoms with Gasteiger partial charge in [-0.05, 0) is 29.5 Å². The third-order valence-corrected chi connectivity index (χ3v) is 6.37. The van der Waals surface area contributed by atoms with Crippen LogP contribution >= 0.6 is 11.3 Å². The predicted molar refractivity (Wildman–Crippen MR) is 125 cm³/mol. The first-order chi connectivity index (χ1) is 15.8. The second-order valence-corrected chi connectivity index (χ2v) is 10.5. The molecule has 0 saturated carbocycles. The number of alkyl halides is 3. The van der Waals surface area contributed by atoms with Crippen molar-refractivity contribution in [1.29, 1.82) is 0 Å². The second-order valence-electron chi connectivity index (χ2n) is 9.45. The molecule has 1 aromatic carbocycles. The van der Waals surface area contributed by atoms with Crippen molar-refractivity contribution in [3.63, 3.8) is 0 Å². The summed E-state index contributed by atoms with van der Waals surface area (Å²) in [7, 11) is 0. The van der Waals surface area contributed by atoms with Crippen LogP contribution in [0.1, 0.15) is 55.4 Å². The van der Waals surface area contributed by atoms with Crippen LogP contribution in [0.5, 0.6) is 5.75 Å². The molecule has 184 valence electrons. The lowest BCUT2D eigenvalue weighted by Gasteiger charge is -2.14. The first kappa shape index (κ1) is 25.7. The Balaban J connectivity index is 2.00. The molecule has 0 atom stereocenters. The van der Waals surface area contributed by atoms with Gasteiger partial charge in [-0.15, -0.1) is 11.3 Å². The summed E-state index contributed by atoms with van der Waals surface area (Å²) in [5.74, 6) is -0.416. The van der Waals surface area contributed by atoms with Crippen LogP contribution in [0.2, 0.25) is 0 Å². The quantitative estimate of drug-likeness (QED) is 0.433. The maximum atomic E-state index is 13.4. The highest BCUT2D eigenvalue weighted by Crippen LogP contribution is 2.33. The summed E-state index contributed by atoms with van der Waals surface area (Å²) < 4.78 is 49.5. The fourth-order valence-electron chi connectivity index (χ4n) is 3.16. The number of ether oxygens (including phenoxy) is 1. The number of carbonyl (C=O) groups excluding carboxylic acids is 1. The number of hydrogen-bond acceptors (Lipinski definition) is 4. The summed E-state index contributed by atoms with van der Waals surface area (Å²) in [6.07, 6.45) is 2.34. The third kappa shape index (κ3) is 6.59. The minimum atomic E-state index is -4.59. The SMILES string of the molecule is CC(C)Cn1cc(C(C)(C)C)sc1=NC(=O)c1cc(C(F)(F)F)ccc1OCCn1ccnc1. The van der Waals surface area contributed by atoms with Gasteiger partial charge in [-0.2, -0.15) is 18.2 Å². The van der Waals surface area contributed by atoms with Crippen molar-refractivity contribution in [1.82, 2.24) is 14.1 Å². The van der Waals surface area contributed by atoms with E-state index < -0.39 is 17.6 Å². The van der Waals surface area contributed by atoms with E-state index in [0.29, 0.717) is 23.8 Å². The third-order valence-electron chi connectivity index (χ3n) is 4.92. The van der Waals surface area contributed by atoms with Gasteiger partial charge in [-0.3, -0.25) is 4.79 Å². The summed E-state index contributed by atoms with van der Waals surface area (Å²) in [6, 6.07) is 2.89. The number of aromatic nitrogens is 3. The Morgan fingerprint density at radius 1 is 1.24 bits per heavy atom. The van der Waals surface area contributed by atoms with E-state index in [2.05, 4.69) is 30.7 Å². The van der Waals surface area contributed by atoms with Gasteiger partial charge in [0.25, 0.3) is 5.91 Å². The molecule has 2 heterocycles. The zero-order chi connectivity index (χ0) is 25.1. The minimum absolute atomic E-state index is 0.0601. The number of halogens is 3. The molecule has 0 bridgehead atoms. The summed E-state index contributed by atoms with van der Waals surface area (Å²) >= 11 is 1.37. The van der Waals surface area contributed by atoms with Crippen molar-refractivity contribution < 1.29 is 22.7 Å². The first-order valence-corrected chi connectivity index (χ1v) is 11.8. The molecule has 0 saturated heterocycles. The number of thiazole rings is 1. The number of rotatable bonds is 7. The molecule has 0 fully saturated rings. The monoisotopic (exact) mass is 494 g/mol. The molecule has 0 spiro atoms. The first-order valence-electron chi connectivity index (χ1n) is 10.9. The lowest BCUT2D eigenvalue weighted by atomic mass is 9.95. The van der Waals surface area contributed by atoms with Crippen molar-refractivity contribution in [3.8, 4) is 5.75 Å². The molecule has 3 aromatic rings. The highest BCUT2D eigenvalue weighted by Gasteiger charge is 2.32. The highest BCUT2D eigenvalue weighted by atomic mass is 32.1. The van der Waals surface area contributed by atoms with Crippen LogP contribution in [0.4, 0.5) is 13.2 Å². The normalized spacial score (nSPS) is 13.0. The van der Waals surface area contributed by atoms with E-state index in [0.717, 1.165) is 17.0 Å². The predicted octanol–water partition coefficient (Wildman–Crippen LogP) is 5.54. The second kappa shape index (κ2) is 10.2. The topological polar surface area (TPSA) is 61.4 Å². The maximum absolute atomic E-state index is 13.4. The fraction of sp³-hybridized carbons (Fsp3) is 0.458. The summed E-state index contributed by atoms with van der Waals surface area (Å²) in [4.78, 5) is 22.8. The molecule has 0 aliphatic heterocycles. The van der Waals surface area contributed by atoms with Gasteiger partial charge in [-0.25, -0.2) is 4.98 Å². The molecule has 1 amide bonds. The van der Waals surface area contributed by atoms with Gasteiger partial charge >= 0.3 is 6.18 Å². The molecular weight excluding hydrogens is 465 g/mol. The summed E-state index contributed by atoms with van der Waals surface area (Å²) in [6.45, 7) is 11.5. The molecule has 6 nitrogen and oxygen atoms in total. The van der Waals surface area contributed by atoms with E-state index in [-0.39, 0.29) is 23.3 Å². The minimum Gasteiger partial charge on any atom is -0.491 e. The Bertz CT molecular complexity index is 1190. The number of hydrogen-bond donors (Lipinski definition) is 0. The Morgan fingerprint density at radius 3 is 2.56 bits per heavy atom. The Hall–Kier alpha value is -2.88. The lowest BCUT2D eigenvalue weighted by molar-refractivity contribution is -0.137. The van der Waals surface area contributed by atoms with Crippen LogP contribution in [0.15, 0.2) is 48.1 Å². The van der Waals surface area contributed by atoms with Crippen molar-refractivity contribution in [2.75, 3.05) is 6.61 Å². The van der Waals surface area contributed by atoms with E-state index in [1.165, 1.54) is 17.4 Å². The molecular formula is C24H29F3N4O2S. The Labute approximate surface area is 200 Å².